The van der Waals surface area contributed by atoms with E-state index >= 15 is 0 Å². The van der Waals surface area contributed by atoms with Gasteiger partial charge in [-0.05, 0) is 35.4 Å². The average Bonchev–Trinajstić information content (AvgIpc) is 3.08. The normalized spacial score (nSPS) is 15.6. The third-order valence-corrected chi connectivity index (χ3v) is 8.06. The molecule has 0 atom stereocenters. The van der Waals surface area contributed by atoms with E-state index in [-0.39, 0.29) is 0 Å². The van der Waals surface area contributed by atoms with Crippen LogP contribution in [0.1, 0.15) is 33.6 Å². The summed E-state index contributed by atoms with van der Waals surface area (Å²) >= 11 is 0. The van der Waals surface area contributed by atoms with Gasteiger partial charge in [-0.3, -0.25) is 14.8 Å². The zero-order chi connectivity index (χ0) is 30.5. The molecule has 2 bridgehead atoms. The van der Waals surface area contributed by atoms with Crippen molar-refractivity contribution in [1.82, 2.24) is 20.1 Å². The zero-order valence-electron chi connectivity index (χ0n) is 25.9. The van der Waals surface area contributed by atoms with E-state index in [2.05, 4.69) is 112 Å². The Morgan fingerprint density at radius 1 is 0.511 bits per heavy atom. The number of rotatable bonds is 4. The van der Waals surface area contributed by atoms with Crippen LogP contribution in [0.2, 0.25) is 0 Å². The zero-order valence-corrected chi connectivity index (χ0v) is 25.9. The van der Waals surface area contributed by atoms with Crippen molar-refractivity contribution in [3.8, 4) is 11.5 Å². The summed E-state index contributed by atoms with van der Waals surface area (Å²) in [5.74, 6) is 1.79. The third-order valence-electron chi connectivity index (χ3n) is 8.06. The second-order valence-electron chi connectivity index (χ2n) is 11.6. The minimum absolute atomic E-state index is 0.399. The van der Waals surface area contributed by atoms with Crippen LogP contribution >= 0.6 is 0 Å². The molecule has 0 saturated heterocycles. The molecular formula is C39H42N4O2. The standard InChI is InChI=1S/C39H42N4O2/c1-3-12-32(13-4-1)26-42-24-22-40-23-25-43(27-33-14-5-2-6-15-33)29-35-17-8-10-21-39(35)45-31-37-19-11-18-36(41-37)30-44-38-20-9-7-16-34(38)28-42/h1-21,40H,22-31H2. The summed E-state index contributed by atoms with van der Waals surface area (Å²) in [6.45, 7) is 7.76. The predicted molar refractivity (Wildman–Crippen MR) is 180 cm³/mol. The van der Waals surface area contributed by atoms with Crippen LogP contribution in [0.3, 0.4) is 0 Å². The highest BCUT2D eigenvalue weighted by Crippen LogP contribution is 2.24. The van der Waals surface area contributed by atoms with Gasteiger partial charge in [-0.2, -0.15) is 0 Å². The predicted octanol–water partition coefficient (Wildman–Crippen LogP) is 6.85. The summed E-state index contributed by atoms with van der Waals surface area (Å²) in [5, 5.41) is 3.74. The molecule has 45 heavy (non-hydrogen) atoms. The molecular weight excluding hydrogens is 556 g/mol. The first-order chi connectivity index (χ1) is 22.3. The quantitative estimate of drug-likeness (QED) is 0.244. The molecule has 230 valence electrons. The van der Waals surface area contributed by atoms with Crippen LogP contribution < -0.4 is 14.8 Å². The molecule has 6 rings (SSSR count). The largest absolute Gasteiger partial charge is 0.487 e. The Kier molecular flexibility index (Phi) is 10.9. The van der Waals surface area contributed by atoms with E-state index in [1.807, 2.05) is 30.3 Å². The van der Waals surface area contributed by atoms with Crippen molar-refractivity contribution in [3.63, 3.8) is 0 Å². The van der Waals surface area contributed by atoms with Gasteiger partial charge in [-0.1, -0.05) is 103 Å². The minimum Gasteiger partial charge on any atom is -0.487 e. The van der Waals surface area contributed by atoms with Crippen molar-refractivity contribution >= 4 is 0 Å². The van der Waals surface area contributed by atoms with E-state index in [0.717, 1.165) is 75.2 Å². The highest BCUT2D eigenvalue weighted by atomic mass is 16.5. The number of fused-ring (bicyclic) bond motifs is 4. The maximum atomic E-state index is 6.37. The van der Waals surface area contributed by atoms with Crippen molar-refractivity contribution in [2.75, 3.05) is 26.2 Å². The van der Waals surface area contributed by atoms with Crippen molar-refractivity contribution in [1.29, 1.82) is 0 Å². The first kappa shape index (κ1) is 30.5. The number of hydrogen-bond acceptors (Lipinski definition) is 6. The molecule has 0 fully saturated rings. The van der Waals surface area contributed by atoms with Gasteiger partial charge in [0.05, 0.1) is 11.4 Å². The van der Waals surface area contributed by atoms with E-state index in [9.17, 15) is 0 Å². The maximum Gasteiger partial charge on any atom is 0.130 e. The van der Waals surface area contributed by atoms with Crippen molar-refractivity contribution in [3.05, 3.63) is 161 Å². The molecule has 5 aromatic rings. The summed E-state index contributed by atoms with van der Waals surface area (Å²) < 4.78 is 12.7. The molecule has 0 amide bonds. The maximum absolute atomic E-state index is 6.37. The van der Waals surface area contributed by atoms with Crippen LogP contribution in [0.4, 0.5) is 0 Å². The van der Waals surface area contributed by atoms with E-state index in [4.69, 9.17) is 14.5 Å². The third kappa shape index (κ3) is 9.25. The first-order valence-corrected chi connectivity index (χ1v) is 15.9. The van der Waals surface area contributed by atoms with Gasteiger partial charge in [0.1, 0.15) is 24.7 Å². The number of ether oxygens (including phenoxy) is 2. The van der Waals surface area contributed by atoms with Crippen LogP contribution in [-0.4, -0.2) is 41.0 Å². The number of hydrogen-bond donors (Lipinski definition) is 1. The molecule has 0 spiro atoms. The molecule has 1 aliphatic heterocycles. The summed E-state index contributed by atoms with van der Waals surface area (Å²) in [7, 11) is 0. The van der Waals surface area contributed by atoms with Gasteiger partial charge in [0, 0.05) is 63.5 Å². The van der Waals surface area contributed by atoms with Gasteiger partial charge >= 0.3 is 0 Å². The monoisotopic (exact) mass is 598 g/mol. The smallest absolute Gasteiger partial charge is 0.130 e. The van der Waals surface area contributed by atoms with E-state index < -0.39 is 0 Å². The highest BCUT2D eigenvalue weighted by Gasteiger charge is 2.14. The lowest BCUT2D eigenvalue weighted by Crippen LogP contribution is -2.36. The number of para-hydroxylation sites is 2. The lowest BCUT2D eigenvalue weighted by atomic mass is 10.1. The van der Waals surface area contributed by atoms with Gasteiger partial charge in [-0.25, -0.2) is 0 Å². The molecule has 0 radical (unpaired) electrons. The second-order valence-corrected chi connectivity index (χ2v) is 11.6. The van der Waals surface area contributed by atoms with Gasteiger partial charge in [0.2, 0.25) is 0 Å². The summed E-state index contributed by atoms with van der Waals surface area (Å²) in [6, 6.07) is 44.2. The van der Waals surface area contributed by atoms with Crippen molar-refractivity contribution in [2.24, 2.45) is 0 Å². The fourth-order valence-electron chi connectivity index (χ4n) is 5.74. The Balaban J connectivity index is 1.25. The van der Waals surface area contributed by atoms with Gasteiger partial charge in [-0.15, -0.1) is 0 Å². The van der Waals surface area contributed by atoms with E-state index in [1.165, 1.54) is 22.3 Å². The molecule has 6 nitrogen and oxygen atoms in total. The fourth-order valence-corrected chi connectivity index (χ4v) is 5.74. The van der Waals surface area contributed by atoms with Crippen molar-refractivity contribution < 1.29 is 9.47 Å². The topological polar surface area (TPSA) is 49.9 Å². The molecule has 6 heteroatoms. The average molecular weight is 599 g/mol. The number of aromatic nitrogens is 1. The molecule has 4 aromatic carbocycles. The van der Waals surface area contributed by atoms with Crippen LogP contribution in [0.5, 0.6) is 11.5 Å². The summed E-state index contributed by atoms with van der Waals surface area (Å²) in [6.07, 6.45) is 0. The van der Waals surface area contributed by atoms with Crippen LogP contribution in [0.15, 0.2) is 127 Å². The van der Waals surface area contributed by atoms with Crippen LogP contribution in [-0.2, 0) is 39.4 Å². The Labute approximate surface area is 267 Å². The van der Waals surface area contributed by atoms with E-state index in [1.54, 1.807) is 0 Å². The molecule has 0 aliphatic carbocycles. The number of pyridine rings is 1. The number of nitrogens with zero attached hydrogens (tertiary/aromatic N) is 3. The fraction of sp³-hybridized carbons (Fsp3) is 0.256. The van der Waals surface area contributed by atoms with Gasteiger partial charge < -0.3 is 14.8 Å². The molecule has 1 aromatic heterocycles. The SMILES string of the molecule is c1ccc(CN2CCNCCN(Cc3ccccc3)Cc3ccccc3OCc3cccc(n3)COc3ccccc3C2)cc1. The lowest BCUT2D eigenvalue weighted by Gasteiger charge is -2.26. The minimum atomic E-state index is 0.399. The molecule has 1 aliphatic rings. The first-order valence-electron chi connectivity index (χ1n) is 15.9. The van der Waals surface area contributed by atoms with Crippen molar-refractivity contribution in [2.45, 2.75) is 39.4 Å². The summed E-state index contributed by atoms with van der Waals surface area (Å²) in [4.78, 5) is 9.87. The Hall–Kier alpha value is -4.49. The van der Waals surface area contributed by atoms with Crippen LogP contribution in [0, 0.1) is 0 Å². The number of nitrogens with one attached hydrogen (secondary N) is 1. The Morgan fingerprint density at radius 2 is 0.956 bits per heavy atom. The molecule has 0 unspecified atom stereocenters. The lowest BCUT2D eigenvalue weighted by molar-refractivity contribution is 0.230. The van der Waals surface area contributed by atoms with Crippen LogP contribution in [0.25, 0.3) is 0 Å². The molecule has 1 N–H and O–H groups in total. The Bertz CT molecular complexity index is 1500. The molecule has 0 saturated carbocycles. The summed E-state index contributed by atoms with van der Waals surface area (Å²) in [5.41, 5.74) is 6.73. The second kappa shape index (κ2) is 16.0. The number of benzene rings is 4. The Morgan fingerprint density at radius 3 is 1.44 bits per heavy atom. The highest BCUT2D eigenvalue weighted by molar-refractivity contribution is 5.35. The van der Waals surface area contributed by atoms with E-state index in [0.29, 0.717) is 13.2 Å². The van der Waals surface area contributed by atoms with Gasteiger partial charge in [0.25, 0.3) is 0 Å². The molecule has 2 heterocycles. The van der Waals surface area contributed by atoms with Gasteiger partial charge in [0.15, 0.2) is 0 Å².